The van der Waals surface area contributed by atoms with E-state index >= 15 is 0 Å². The highest BCUT2D eigenvalue weighted by Gasteiger charge is 2.20. The van der Waals surface area contributed by atoms with Gasteiger partial charge < -0.3 is 0 Å². The quantitative estimate of drug-likeness (QED) is 0.747. The molecule has 0 bridgehead atoms. The molecule has 1 heterocycles. The summed E-state index contributed by atoms with van der Waals surface area (Å²) in [5, 5.41) is 19.0. The van der Waals surface area contributed by atoms with Crippen molar-refractivity contribution in [3.8, 4) is 17.5 Å². The highest BCUT2D eigenvalue weighted by atomic mass is 35.5. The SMILES string of the molecule is CC(C#N)Sc1nnc(-c2ccc(Cl)cc2Cl)n1C(C)C. The van der Waals surface area contributed by atoms with Gasteiger partial charge in [0.2, 0.25) is 0 Å². The minimum absolute atomic E-state index is 0.148. The molecule has 0 aliphatic carbocycles. The van der Waals surface area contributed by atoms with Crippen LogP contribution in [-0.4, -0.2) is 20.0 Å². The number of nitrogens with zero attached hydrogens (tertiary/aromatic N) is 4. The number of hydrogen-bond acceptors (Lipinski definition) is 4. The Kier molecular flexibility index (Phi) is 5.15. The fourth-order valence-corrected chi connectivity index (χ4v) is 3.22. The number of hydrogen-bond donors (Lipinski definition) is 0. The van der Waals surface area contributed by atoms with Crippen LogP contribution in [0.4, 0.5) is 0 Å². The third kappa shape index (κ3) is 3.52. The Morgan fingerprint density at radius 2 is 1.95 bits per heavy atom. The van der Waals surface area contributed by atoms with Gasteiger partial charge in [-0.1, -0.05) is 35.0 Å². The summed E-state index contributed by atoms with van der Waals surface area (Å²) in [7, 11) is 0. The molecule has 2 aromatic rings. The second-order valence-corrected chi connectivity index (χ2v) is 6.93. The van der Waals surface area contributed by atoms with Gasteiger partial charge in [-0.25, -0.2) is 0 Å². The number of aromatic nitrogens is 3. The maximum absolute atomic E-state index is 8.96. The van der Waals surface area contributed by atoms with E-state index in [1.165, 1.54) is 11.8 Å². The van der Waals surface area contributed by atoms with Crippen molar-refractivity contribution in [3.63, 3.8) is 0 Å². The number of halogens is 2. The molecule has 1 aromatic heterocycles. The van der Waals surface area contributed by atoms with Crippen LogP contribution in [0.2, 0.25) is 10.0 Å². The van der Waals surface area contributed by atoms with E-state index in [2.05, 4.69) is 16.3 Å². The van der Waals surface area contributed by atoms with Crippen LogP contribution in [0.3, 0.4) is 0 Å². The first kappa shape index (κ1) is 16.2. The second kappa shape index (κ2) is 6.69. The Bertz CT molecular complexity index is 691. The Labute approximate surface area is 138 Å². The van der Waals surface area contributed by atoms with Crippen LogP contribution in [-0.2, 0) is 0 Å². The van der Waals surface area contributed by atoms with Gasteiger partial charge in [0.15, 0.2) is 11.0 Å². The zero-order valence-electron chi connectivity index (χ0n) is 11.8. The van der Waals surface area contributed by atoms with Crippen LogP contribution in [0.1, 0.15) is 26.8 Å². The lowest BCUT2D eigenvalue weighted by Crippen LogP contribution is -2.06. The summed E-state index contributed by atoms with van der Waals surface area (Å²) < 4.78 is 1.98. The molecule has 110 valence electrons. The van der Waals surface area contributed by atoms with E-state index in [9.17, 15) is 0 Å². The molecule has 0 N–H and O–H groups in total. The first-order chi connectivity index (χ1) is 9.93. The van der Waals surface area contributed by atoms with E-state index in [0.29, 0.717) is 21.0 Å². The zero-order valence-corrected chi connectivity index (χ0v) is 14.2. The minimum atomic E-state index is -0.194. The number of rotatable bonds is 4. The third-order valence-electron chi connectivity index (χ3n) is 2.82. The summed E-state index contributed by atoms with van der Waals surface area (Å²) in [6.07, 6.45) is 0. The maximum atomic E-state index is 8.96. The lowest BCUT2D eigenvalue weighted by atomic mass is 10.2. The predicted octanol–water partition coefficient (Wildman–Crippen LogP) is 4.84. The molecule has 0 aliphatic rings. The number of nitriles is 1. The lowest BCUT2D eigenvalue weighted by molar-refractivity contribution is 0.555. The topological polar surface area (TPSA) is 54.5 Å². The largest absolute Gasteiger partial charge is 0.299 e. The average Bonchev–Trinajstić information content (AvgIpc) is 2.82. The molecule has 0 spiro atoms. The summed E-state index contributed by atoms with van der Waals surface area (Å²) in [4.78, 5) is 0. The van der Waals surface area contributed by atoms with Crippen molar-refractivity contribution in [3.05, 3.63) is 28.2 Å². The molecule has 7 heteroatoms. The van der Waals surface area contributed by atoms with Crippen molar-refractivity contribution in [1.29, 1.82) is 5.26 Å². The van der Waals surface area contributed by atoms with E-state index < -0.39 is 0 Å². The molecular formula is C14H14Cl2N4S. The molecule has 4 nitrogen and oxygen atoms in total. The minimum Gasteiger partial charge on any atom is -0.299 e. The Morgan fingerprint density at radius 1 is 1.24 bits per heavy atom. The zero-order chi connectivity index (χ0) is 15.6. The lowest BCUT2D eigenvalue weighted by Gasteiger charge is -2.14. The summed E-state index contributed by atoms with van der Waals surface area (Å²) >= 11 is 13.6. The van der Waals surface area contributed by atoms with Gasteiger partial charge in [0.05, 0.1) is 16.3 Å². The first-order valence-electron chi connectivity index (χ1n) is 6.40. The highest BCUT2D eigenvalue weighted by molar-refractivity contribution is 8.00. The van der Waals surface area contributed by atoms with Crippen molar-refractivity contribution < 1.29 is 0 Å². The van der Waals surface area contributed by atoms with Crippen LogP contribution in [0, 0.1) is 11.3 Å². The van der Waals surface area contributed by atoms with E-state index in [1.54, 1.807) is 12.1 Å². The van der Waals surface area contributed by atoms with Crippen molar-refractivity contribution in [2.75, 3.05) is 0 Å². The fourth-order valence-electron chi connectivity index (χ4n) is 1.86. The molecular weight excluding hydrogens is 327 g/mol. The molecule has 0 saturated heterocycles. The van der Waals surface area contributed by atoms with Crippen molar-refractivity contribution in [2.24, 2.45) is 0 Å². The smallest absolute Gasteiger partial charge is 0.193 e. The van der Waals surface area contributed by atoms with Gasteiger partial charge in [0, 0.05) is 16.6 Å². The van der Waals surface area contributed by atoms with E-state index in [-0.39, 0.29) is 11.3 Å². The molecule has 0 amide bonds. The Hall–Kier alpha value is -1.22. The van der Waals surface area contributed by atoms with Gasteiger partial charge >= 0.3 is 0 Å². The summed E-state index contributed by atoms with van der Waals surface area (Å²) in [5.74, 6) is 0.680. The molecule has 21 heavy (non-hydrogen) atoms. The van der Waals surface area contributed by atoms with Gasteiger partial charge in [0.1, 0.15) is 0 Å². The Morgan fingerprint density at radius 3 is 2.52 bits per heavy atom. The molecule has 0 saturated carbocycles. The molecule has 2 rings (SSSR count). The van der Waals surface area contributed by atoms with Crippen LogP contribution >= 0.6 is 35.0 Å². The molecule has 1 atom stereocenters. The molecule has 0 radical (unpaired) electrons. The van der Waals surface area contributed by atoms with Gasteiger partial charge in [0.25, 0.3) is 0 Å². The Balaban J connectivity index is 2.52. The standard InChI is InChI=1S/C14H14Cl2N4S/c1-8(2)20-13(11-5-4-10(15)6-12(11)16)18-19-14(20)21-9(3)7-17/h4-6,8-9H,1-3H3. The average molecular weight is 341 g/mol. The maximum Gasteiger partial charge on any atom is 0.193 e. The predicted molar refractivity (Wildman–Crippen MR) is 86.8 cm³/mol. The highest BCUT2D eigenvalue weighted by Crippen LogP contribution is 2.34. The van der Waals surface area contributed by atoms with Crippen molar-refractivity contribution in [1.82, 2.24) is 14.8 Å². The monoisotopic (exact) mass is 340 g/mol. The van der Waals surface area contributed by atoms with Gasteiger partial charge in [-0.3, -0.25) is 4.57 Å². The van der Waals surface area contributed by atoms with Crippen LogP contribution in [0.25, 0.3) is 11.4 Å². The first-order valence-corrected chi connectivity index (χ1v) is 8.04. The number of thioether (sulfide) groups is 1. The third-order valence-corrected chi connectivity index (χ3v) is 4.31. The van der Waals surface area contributed by atoms with Crippen molar-refractivity contribution in [2.45, 2.75) is 37.2 Å². The van der Waals surface area contributed by atoms with Crippen LogP contribution in [0.15, 0.2) is 23.4 Å². The second-order valence-electron chi connectivity index (χ2n) is 4.78. The summed E-state index contributed by atoms with van der Waals surface area (Å²) in [5.41, 5.74) is 0.777. The van der Waals surface area contributed by atoms with E-state index in [1.807, 2.05) is 31.4 Å². The van der Waals surface area contributed by atoms with Crippen LogP contribution in [0.5, 0.6) is 0 Å². The summed E-state index contributed by atoms with van der Waals surface area (Å²) in [6.45, 7) is 5.91. The van der Waals surface area contributed by atoms with Gasteiger partial charge in [-0.2, -0.15) is 5.26 Å². The van der Waals surface area contributed by atoms with Gasteiger partial charge in [-0.05, 0) is 39.0 Å². The van der Waals surface area contributed by atoms with Crippen LogP contribution < -0.4 is 0 Å². The molecule has 0 aliphatic heterocycles. The normalized spacial score (nSPS) is 12.4. The molecule has 1 aromatic carbocycles. The summed E-state index contributed by atoms with van der Waals surface area (Å²) in [6, 6.07) is 7.62. The van der Waals surface area contributed by atoms with Gasteiger partial charge in [-0.15, -0.1) is 10.2 Å². The molecule has 0 fully saturated rings. The number of benzene rings is 1. The van der Waals surface area contributed by atoms with E-state index in [0.717, 1.165) is 5.56 Å². The molecule has 1 unspecified atom stereocenters. The fraction of sp³-hybridized carbons (Fsp3) is 0.357. The van der Waals surface area contributed by atoms with Crippen molar-refractivity contribution >= 4 is 35.0 Å². The van der Waals surface area contributed by atoms with E-state index in [4.69, 9.17) is 28.5 Å².